The lowest BCUT2D eigenvalue weighted by atomic mass is 10.1. The van der Waals surface area contributed by atoms with Gasteiger partial charge in [-0.15, -0.1) is 11.3 Å². The molecule has 0 saturated carbocycles. The SMILES string of the molecule is Cc1cc(C)cc(-n2c(=O)c3sccc3n(CC(=O)Nc3ccccc3C)c2=O)c1. The van der Waals surface area contributed by atoms with Crippen LogP contribution in [0, 0.1) is 20.8 Å². The first-order valence-electron chi connectivity index (χ1n) is 9.52. The molecule has 6 nitrogen and oxygen atoms in total. The van der Waals surface area contributed by atoms with Gasteiger partial charge < -0.3 is 5.32 Å². The Labute approximate surface area is 177 Å². The number of rotatable bonds is 4. The summed E-state index contributed by atoms with van der Waals surface area (Å²) in [5.41, 5.74) is 3.60. The average Bonchev–Trinajstić information content (AvgIpc) is 3.16. The third kappa shape index (κ3) is 3.59. The van der Waals surface area contributed by atoms with Crippen molar-refractivity contribution in [3.63, 3.8) is 0 Å². The number of benzene rings is 2. The smallest absolute Gasteiger partial charge is 0.324 e. The molecule has 0 fully saturated rings. The number of nitrogens with zero attached hydrogens (tertiary/aromatic N) is 2. The maximum atomic E-state index is 13.3. The van der Waals surface area contributed by atoms with Crippen molar-refractivity contribution in [1.29, 1.82) is 0 Å². The monoisotopic (exact) mass is 419 g/mol. The van der Waals surface area contributed by atoms with E-state index in [9.17, 15) is 14.4 Å². The molecule has 4 aromatic rings. The quantitative estimate of drug-likeness (QED) is 0.547. The van der Waals surface area contributed by atoms with Crippen LogP contribution in [0.5, 0.6) is 0 Å². The maximum Gasteiger partial charge on any atom is 0.336 e. The van der Waals surface area contributed by atoms with Crippen molar-refractivity contribution in [3.8, 4) is 5.69 Å². The lowest BCUT2D eigenvalue weighted by Crippen LogP contribution is -2.40. The summed E-state index contributed by atoms with van der Waals surface area (Å²) in [7, 11) is 0. The van der Waals surface area contributed by atoms with E-state index < -0.39 is 5.69 Å². The summed E-state index contributed by atoms with van der Waals surface area (Å²) in [5, 5.41) is 4.61. The molecule has 0 atom stereocenters. The second-order valence-corrected chi connectivity index (χ2v) is 8.27. The average molecular weight is 420 g/mol. The predicted molar refractivity (Wildman–Crippen MR) is 121 cm³/mol. The molecule has 30 heavy (non-hydrogen) atoms. The van der Waals surface area contributed by atoms with Crippen molar-refractivity contribution in [1.82, 2.24) is 9.13 Å². The molecule has 2 heterocycles. The molecule has 2 aromatic carbocycles. The highest BCUT2D eigenvalue weighted by Gasteiger charge is 2.18. The highest BCUT2D eigenvalue weighted by Crippen LogP contribution is 2.18. The number of carbonyl (C=O) groups is 1. The highest BCUT2D eigenvalue weighted by molar-refractivity contribution is 7.17. The van der Waals surface area contributed by atoms with Gasteiger partial charge in [0.2, 0.25) is 5.91 Å². The topological polar surface area (TPSA) is 73.1 Å². The first kappa shape index (κ1) is 19.8. The second kappa shape index (κ2) is 7.76. The van der Waals surface area contributed by atoms with Gasteiger partial charge in [0.15, 0.2) is 0 Å². The molecule has 0 aliphatic carbocycles. The third-order valence-corrected chi connectivity index (χ3v) is 5.83. The fraction of sp³-hybridized carbons (Fsp3) is 0.174. The Kier molecular flexibility index (Phi) is 5.13. The van der Waals surface area contributed by atoms with E-state index in [-0.39, 0.29) is 18.0 Å². The third-order valence-electron chi connectivity index (χ3n) is 4.94. The van der Waals surface area contributed by atoms with Crippen molar-refractivity contribution in [2.75, 3.05) is 5.32 Å². The van der Waals surface area contributed by atoms with Crippen LogP contribution in [0.1, 0.15) is 16.7 Å². The molecular weight excluding hydrogens is 398 g/mol. The van der Waals surface area contributed by atoms with Gasteiger partial charge in [0.05, 0.1) is 11.2 Å². The molecule has 0 bridgehead atoms. The van der Waals surface area contributed by atoms with E-state index in [0.29, 0.717) is 21.6 Å². The molecule has 0 spiro atoms. The van der Waals surface area contributed by atoms with E-state index in [4.69, 9.17) is 0 Å². The van der Waals surface area contributed by atoms with Crippen LogP contribution in [0.15, 0.2) is 63.5 Å². The zero-order chi connectivity index (χ0) is 21.4. The molecule has 4 rings (SSSR count). The van der Waals surface area contributed by atoms with Crippen LogP contribution in [0.2, 0.25) is 0 Å². The van der Waals surface area contributed by atoms with Gasteiger partial charge in [-0.25, -0.2) is 9.36 Å². The zero-order valence-electron chi connectivity index (χ0n) is 16.9. The van der Waals surface area contributed by atoms with Crippen LogP contribution in [-0.2, 0) is 11.3 Å². The molecule has 0 aliphatic rings. The van der Waals surface area contributed by atoms with Gasteiger partial charge in [0.1, 0.15) is 11.2 Å². The van der Waals surface area contributed by atoms with Crippen LogP contribution >= 0.6 is 11.3 Å². The Bertz CT molecular complexity index is 1370. The van der Waals surface area contributed by atoms with Crippen LogP contribution < -0.4 is 16.6 Å². The van der Waals surface area contributed by atoms with Gasteiger partial charge >= 0.3 is 5.69 Å². The van der Waals surface area contributed by atoms with Crippen molar-refractivity contribution in [2.24, 2.45) is 0 Å². The first-order chi connectivity index (χ1) is 14.3. The van der Waals surface area contributed by atoms with E-state index in [1.807, 2.05) is 51.1 Å². The van der Waals surface area contributed by atoms with E-state index >= 15 is 0 Å². The molecule has 1 N–H and O–H groups in total. The number of anilines is 1. The summed E-state index contributed by atoms with van der Waals surface area (Å²) >= 11 is 1.26. The number of nitrogens with one attached hydrogen (secondary N) is 1. The molecule has 2 aromatic heterocycles. The minimum atomic E-state index is -0.532. The fourth-order valence-corrected chi connectivity index (χ4v) is 4.42. The molecule has 0 unspecified atom stereocenters. The van der Waals surface area contributed by atoms with E-state index in [2.05, 4.69) is 5.32 Å². The van der Waals surface area contributed by atoms with Gasteiger partial charge in [-0.3, -0.25) is 14.2 Å². The fourth-order valence-electron chi connectivity index (χ4n) is 3.59. The molecule has 0 radical (unpaired) electrons. The zero-order valence-corrected chi connectivity index (χ0v) is 17.7. The van der Waals surface area contributed by atoms with Crippen LogP contribution in [0.3, 0.4) is 0 Å². The lowest BCUT2D eigenvalue weighted by molar-refractivity contribution is -0.116. The van der Waals surface area contributed by atoms with Crippen LogP contribution in [-0.4, -0.2) is 15.0 Å². The number of aryl methyl sites for hydroxylation is 3. The molecule has 152 valence electrons. The van der Waals surface area contributed by atoms with E-state index in [1.54, 1.807) is 23.6 Å². The van der Waals surface area contributed by atoms with E-state index in [1.165, 1.54) is 15.9 Å². The first-order valence-corrected chi connectivity index (χ1v) is 10.4. The lowest BCUT2D eigenvalue weighted by Gasteiger charge is -2.14. The summed E-state index contributed by atoms with van der Waals surface area (Å²) in [4.78, 5) is 39.1. The summed E-state index contributed by atoms with van der Waals surface area (Å²) in [6.07, 6.45) is 0. The van der Waals surface area contributed by atoms with Crippen LogP contribution in [0.25, 0.3) is 15.9 Å². The van der Waals surface area contributed by atoms with Gasteiger partial charge in [-0.05, 0) is 67.1 Å². The Morgan fingerprint density at radius 1 is 1.00 bits per heavy atom. The maximum absolute atomic E-state index is 13.3. The number of amides is 1. The predicted octanol–water partition coefficient (Wildman–Crippen LogP) is 3.78. The van der Waals surface area contributed by atoms with Gasteiger partial charge in [0.25, 0.3) is 5.56 Å². The molecule has 0 aliphatic heterocycles. The standard InChI is InChI=1S/C23H21N3O3S/c1-14-10-15(2)12-17(11-14)26-22(28)21-19(8-9-30-21)25(23(26)29)13-20(27)24-18-7-5-4-6-16(18)3/h4-12H,13H2,1-3H3,(H,24,27). The molecule has 1 amide bonds. The van der Waals surface area contributed by atoms with E-state index in [0.717, 1.165) is 21.3 Å². The van der Waals surface area contributed by atoms with Crippen LogP contribution in [0.4, 0.5) is 5.69 Å². The van der Waals surface area contributed by atoms with Crippen molar-refractivity contribution < 1.29 is 4.79 Å². The Morgan fingerprint density at radius 3 is 2.40 bits per heavy atom. The Hall–Kier alpha value is -3.45. The number of carbonyl (C=O) groups excluding carboxylic acids is 1. The Balaban J connectivity index is 1.83. The normalized spacial score (nSPS) is 11.0. The minimum Gasteiger partial charge on any atom is -0.324 e. The van der Waals surface area contributed by atoms with Crippen molar-refractivity contribution in [2.45, 2.75) is 27.3 Å². The molecule has 7 heteroatoms. The minimum absolute atomic E-state index is 0.189. The van der Waals surface area contributed by atoms with Gasteiger partial charge in [-0.1, -0.05) is 24.3 Å². The number of aromatic nitrogens is 2. The van der Waals surface area contributed by atoms with Crippen molar-refractivity contribution in [3.05, 3.63) is 91.4 Å². The number of hydrogen-bond acceptors (Lipinski definition) is 4. The number of fused-ring (bicyclic) bond motifs is 1. The largest absolute Gasteiger partial charge is 0.336 e. The number of thiophene rings is 1. The summed E-state index contributed by atoms with van der Waals surface area (Å²) in [6, 6.07) is 14.7. The molecule has 0 saturated heterocycles. The summed E-state index contributed by atoms with van der Waals surface area (Å²) in [6.45, 7) is 5.54. The Morgan fingerprint density at radius 2 is 1.70 bits per heavy atom. The number of hydrogen-bond donors (Lipinski definition) is 1. The number of para-hydroxylation sites is 1. The summed E-state index contributed by atoms with van der Waals surface area (Å²) < 4.78 is 2.95. The second-order valence-electron chi connectivity index (χ2n) is 7.35. The summed E-state index contributed by atoms with van der Waals surface area (Å²) in [5.74, 6) is -0.329. The van der Waals surface area contributed by atoms with Gasteiger partial charge in [-0.2, -0.15) is 0 Å². The van der Waals surface area contributed by atoms with Crippen molar-refractivity contribution >= 4 is 33.1 Å². The van der Waals surface area contributed by atoms with Gasteiger partial charge in [0, 0.05) is 5.69 Å². The highest BCUT2D eigenvalue weighted by atomic mass is 32.1. The molecular formula is C23H21N3O3S.